The molecular weight excluding hydrogens is 186 g/mol. The van der Waals surface area contributed by atoms with Crippen molar-refractivity contribution >= 4 is 0 Å². The van der Waals surface area contributed by atoms with Gasteiger partial charge in [-0.1, -0.05) is 6.07 Å². The van der Waals surface area contributed by atoms with Gasteiger partial charge in [-0.15, -0.1) is 0 Å². The van der Waals surface area contributed by atoms with Crippen LogP contribution in [0.25, 0.3) is 0 Å². The Morgan fingerprint density at radius 3 is 2.67 bits per heavy atom. The van der Waals surface area contributed by atoms with Gasteiger partial charge in [0.1, 0.15) is 12.4 Å². The Labute approximate surface area is 91.4 Å². The molecule has 1 atom stereocenters. The summed E-state index contributed by atoms with van der Waals surface area (Å²) in [5, 5.41) is 0. The fourth-order valence-electron chi connectivity index (χ4n) is 1.66. The molecule has 1 aromatic carbocycles. The molecule has 2 rings (SSSR count). The summed E-state index contributed by atoms with van der Waals surface area (Å²) in [5.74, 6) is 1.64. The Morgan fingerprint density at radius 1 is 1.33 bits per heavy atom. The quantitative estimate of drug-likeness (QED) is 0.819. The van der Waals surface area contributed by atoms with E-state index >= 15 is 0 Å². The molecule has 1 fully saturated rings. The van der Waals surface area contributed by atoms with Crippen LogP contribution in [0.15, 0.2) is 18.2 Å². The predicted molar refractivity (Wildman–Crippen MR) is 62.1 cm³/mol. The Balaban J connectivity index is 1.89. The molecule has 1 aromatic rings. The number of nitrogens with two attached hydrogens (primary N) is 1. The van der Waals surface area contributed by atoms with Crippen molar-refractivity contribution in [3.8, 4) is 5.75 Å². The second kappa shape index (κ2) is 4.23. The van der Waals surface area contributed by atoms with Crippen LogP contribution in [0.2, 0.25) is 0 Å². The van der Waals surface area contributed by atoms with E-state index in [0.29, 0.717) is 12.5 Å². The van der Waals surface area contributed by atoms with Crippen molar-refractivity contribution < 1.29 is 4.74 Å². The first-order valence-electron chi connectivity index (χ1n) is 5.62. The molecule has 0 unspecified atom stereocenters. The van der Waals surface area contributed by atoms with E-state index in [1.165, 1.54) is 24.0 Å². The number of benzene rings is 1. The van der Waals surface area contributed by atoms with Gasteiger partial charge in [0.25, 0.3) is 0 Å². The average molecular weight is 205 g/mol. The summed E-state index contributed by atoms with van der Waals surface area (Å²) < 4.78 is 5.68. The van der Waals surface area contributed by atoms with Gasteiger partial charge in [0, 0.05) is 6.04 Å². The van der Waals surface area contributed by atoms with Gasteiger partial charge in [-0.3, -0.25) is 0 Å². The summed E-state index contributed by atoms with van der Waals surface area (Å²) in [4.78, 5) is 0. The molecule has 82 valence electrons. The topological polar surface area (TPSA) is 35.2 Å². The molecule has 0 aromatic heterocycles. The molecule has 0 radical (unpaired) electrons. The average Bonchev–Trinajstić information content (AvgIpc) is 3.03. The van der Waals surface area contributed by atoms with E-state index in [0.717, 1.165) is 5.75 Å². The fraction of sp³-hybridized carbons (Fsp3) is 0.538. The number of hydrogen-bond donors (Lipinski definition) is 1. The molecule has 0 aliphatic heterocycles. The monoisotopic (exact) mass is 205 g/mol. The molecule has 1 saturated carbocycles. The summed E-state index contributed by atoms with van der Waals surface area (Å²) in [6.07, 6.45) is 2.55. The third-order valence-electron chi connectivity index (χ3n) is 3.15. The zero-order chi connectivity index (χ0) is 10.8. The first-order chi connectivity index (χ1) is 7.16. The summed E-state index contributed by atoms with van der Waals surface area (Å²) in [7, 11) is 0. The van der Waals surface area contributed by atoms with Crippen molar-refractivity contribution in [3.05, 3.63) is 29.3 Å². The molecule has 0 amide bonds. The van der Waals surface area contributed by atoms with Gasteiger partial charge < -0.3 is 10.5 Å². The molecule has 2 N–H and O–H groups in total. The lowest BCUT2D eigenvalue weighted by atomic mass is 10.1. The van der Waals surface area contributed by atoms with Gasteiger partial charge in [-0.05, 0) is 55.9 Å². The maximum absolute atomic E-state index is 5.97. The molecule has 1 aliphatic carbocycles. The number of rotatable bonds is 4. The minimum Gasteiger partial charge on any atom is -0.492 e. The molecule has 0 heterocycles. The smallest absolute Gasteiger partial charge is 0.119 e. The van der Waals surface area contributed by atoms with E-state index in [-0.39, 0.29) is 6.04 Å². The highest BCUT2D eigenvalue weighted by Crippen LogP contribution is 2.31. The summed E-state index contributed by atoms with van der Waals surface area (Å²) >= 11 is 0. The Hall–Kier alpha value is -1.02. The van der Waals surface area contributed by atoms with Crippen LogP contribution >= 0.6 is 0 Å². The lowest BCUT2D eigenvalue weighted by Crippen LogP contribution is -2.29. The second-order valence-electron chi connectivity index (χ2n) is 4.56. The third kappa shape index (κ3) is 2.72. The highest BCUT2D eigenvalue weighted by atomic mass is 16.5. The van der Waals surface area contributed by atoms with Gasteiger partial charge in [-0.25, -0.2) is 0 Å². The van der Waals surface area contributed by atoms with Crippen LogP contribution in [0.5, 0.6) is 5.75 Å². The first kappa shape index (κ1) is 10.5. The van der Waals surface area contributed by atoms with Gasteiger partial charge in [-0.2, -0.15) is 0 Å². The highest BCUT2D eigenvalue weighted by Gasteiger charge is 2.28. The van der Waals surface area contributed by atoms with Gasteiger partial charge in [0.15, 0.2) is 0 Å². The minimum atomic E-state index is 0.214. The van der Waals surface area contributed by atoms with Crippen LogP contribution in [0.3, 0.4) is 0 Å². The predicted octanol–water partition coefficient (Wildman–Crippen LogP) is 2.42. The van der Waals surface area contributed by atoms with E-state index in [1.807, 2.05) is 6.07 Å². The van der Waals surface area contributed by atoms with E-state index in [2.05, 4.69) is 26.0 Å². The van der Waals surface area contributed by atoms with Crippen LogP contribution in [-0.2, 0) is 0 Å². The zero-order valence-corrected chi connectivity index (χ0v) is 9.49. The lowest BCUT2D eigenvalue weighted by Gasteiger charge is -2.13. The maximum atomic E-state index is 5.97. The van der Waals surface area contributed by atoms with Gasteiger partial charge >= 0.3 is 0 Å². The number of ether oxygens (including phenoxy) is 1. The van der Waals surface area contributed by atoms with Gasteiger partial charge in [0.2, 0.25) is 0 Å². The molecule has 0 spiro atoms. The third-order valence-corrected chi connectivity index (χ3v) is 3.15. The van der Waals surface area contributed by atoms with Crippen LogP contribution in [0.1, 0.15) is 24.0 Å². The number of hydrogen-bond acceptors (Lipinski definition) is 2. The largest absolute Gasteiger partial charge is 0.492 e. The van der Waals surface area contributed by atoms with E-state index in [4.69, 9.17) is 10.5 Å². The molecule has 0 bridgehead atoms. The standard InChI is InChI=1S/C13H19NO/c1-9-3-6-12(7-10(9)2)15-8-13(14)11-4-5-11/h3,6-7,11,13H,4-5,8,14H2,1-2H3/t13-/m1/s1. The van der Waals surface area contributed by atoms with E-state index in [1.54, 1.807) is 0 Å². The number of aryl methyl sites for hydroxylation is 2. The Morgan fingerprint density at radius 2 is 2.07 bits per heavy atom. The normalized spacial score (nSPS) is 17.5. The summed E-state index contributed by atoms with van der Waals surface area (Å²) in [6, 6.07) is 6.40. The minimum absolute atomic E-state index is 0.214. The highest BCUT2D eigenvalue weighted by molar-refractivity contribution is 5.33. The van der Waals surface area contributed by atoms with Crippen molar-refractivity contribution in [1.29, 1.82) is 0 Å². The van der Waals surface area contributed by atoms with Crippen LogP contribution in [0.4, 0.5) is 0 Å². The molecule has 2 nitrogen and oxygen atoms in total. The molecule has 2 heteroatoms. The fourth-order valence-corrected chi connectivity index (χ4v) is 1.66. The van der Waals surface area contributed by atoms with Crippen LogP contribution < -0.4 is 10.5 Å². The van der Waals surface area contributed by atoms with E-state index < -0.39 is 0 Å². The first-order valence-corrected chi connectivity index (χ1v) is 5.62. The molecule has 1 aliphatic rings. The lowest BCUT2D eigenvalue weighted by molar-refractivity contribution is 0.276. The summed E-state index contributed by atoms with van der Waals surface area (Å²) in [6.45, 7) is 4.85. The van der Waals surface area contributed by atoms with Crippen molar-refractivity contribution in [1.82, 2.24) is 0 Å². The van der Waals surface area contributed by atoms with Crippen LogP contribution in [0, 0.1) is 19.8 Å². The van der Waals surface area contributed by atoms with Gasteiger partial charge in [0.05, 0.1) is 0 Å². The molecule has 15 heavy (non-hydrogen) atoms. The Kier molecular flexibility index (Phi) is 2.96. The van der Waals surface area contributed by atoms with Crippen molar-refractivity contribution in [2.75, 3.05) is 6.61 Å². The van der Waals surface area contributed by atoms with Crippen molar-refractivity contribution in [3.63, 3.8) is 0 Å². The zero-order valence-electron chi connectivity index (χ0n) is 9.49. The maximum Gasteiger partial charge on any atom is 0.119 e. The SMILES string of the molecule is Cc1ccc(OC[C@@H](N)C2CC2)cc1C. The summed E-state index contributed by atoms with van der Waals surface area (Å²) in [5.41, 5.74) is 8.54. The molecule has 0 saturated heterocycles. The molecular formula is C13H19NO. The second-order valence-corrected chi connectivity index (χ2v) is 4.56. The van der Waals surface area contributed by atoms with E-state index in [9.17, 15) is 0 Å². The van der Waals surface area contributed by atoms with Crippen LogP contribution in [-0.4, -0.2) is 12.6 Å². The van der Waals surface area contributed by atoms with Crippen molar-refractivity contribution in [2.24, 2.45) is 11.7 Å². The Bertz CT molecular complexity index is 344. The van der Waals surface area contributed by atoms with Crippen molar-refractivity contribution in [2.45, 2.75) is 32.7 Å².